The number of nitro groups is 1. The minimum Gasteiger partial charge on any atom is -0.481 e. The van der Waals surface area contributed by atoms with Gasteiger partial charge >= 0.3 is 11.7 Å². The van der Waals surface area contributed by atoms with Gasteiger partial charge in [-0.2, -0.15) is 5.10 Å². The second-order valence-electron chi connectivity index (χ2n) is 5.54. The minimum atomic E-state index is -0.828. The minimum absolute atomic E-state index is 0.0200. The summed E-state index contributed by atoms with van der Waals surface area (Å²) >= 11 is 0. The molecular formula is C13H20N4O4. The lowest BCUT2D eigenvalue weighted by Gasteiger charge is -2.41. The monoisotopic (exact) mass is 296 g/mol. The summed E-state index contributed by atoms with van der Waals surface area (Å²) in [5.74, 6) is -0.765. The SMILES string of the molecule is CCCc1nn(C)c(N2CC(C(C)C(=O)O)C2)c1[N+](=O)[O-]. The van der Waals surface area contributed by atoms with Crippen LogP contribution in [0.25, 0.3) is 0 Å². The summed E-state index contributed by atoms with van der Waals surface area (Å²) in [7, 11) is 1.69. The molecule has 0 aliphatic carbocycles. The molecule has 1 aliphatic heterocycles. The molecule has 1 aromatic rings. The first kappa shape index (κ1) is 15.3. The van der Waals surface area contributed by atoms with Gasteiger partial charge in [0.05, 0.1) is 10.8 Å². The van der Waals surface area contributed by atoms with Crippen LogP contribution in [0.3, 0.4) is 0 Å². The molecule has 8 nitrogen and oxygen atoms in total. The fourth-order valence-corrected chi connectivity index (χ4v) is 2.71. The summed E-state index contributed by atoms with van der Waals surface area (Å²) in [6.45, 7) is 4.65. The van der Waals surface area contributed by atoms with E-state index in [1.54, 1.807) is 14.0 Å². The van der Waals surface area contributed by atoms with Gasteiger partial charge in [-0.3, -0.25) is 14.9 Å². The molecule has 1 saturated heterocycles. The van der Waals surface area contributed by atoms with Crippen LogP contribution in [0, 0.1) is 22.0 Å². The van der Waals surface area contributed by atoms with Crippen molar-refractivity contribution in [3.05, 3.63) is 15.8 Å². The van der Waals surface area contributed by atoms with E-state index in [4.69, 9.17) is 5.11 Å². The summed E-state index contributed by atoms with van der Waals surface area (Å²) in [5, 5.41) is 24.6. The van der Waals surface area contributed by atoms with E-state index in [0.29, 0.717) is 31.0 Å². The highest BCUT2D eigenvalue weighted by atomic mass is 16.6. The first-order valence-corrected chi connectivity index (χ1v) is 7.04. The maximum absolute atomic E-state index is 11.3. The Hall–Kier alpha value is -2.12. The molecule has 0 amide bonds. The van der Waals surface area contributed by atoms with Crippen LogP contribution in [0.1, 0.15) is 26.0 Å². The largest absolute Gasteiger partial charge is 0.481 e. The molecule has 2 rings (SSSR count). The van der Waals surface area contributed by atoms with Crippen molar-refractivity contribution in [2.75, 3.05) is 18.0 Å². The van der Waals surface area contributed by atoms with E-state index in [1.807, 2.05) is 11.8 Å². The Kier molecular flexibility index (Phi) is 4.15. The maximum Gasteiger partial charge on any atom is 0.334 e. The highest BCUT2D eigenvalue weighted by Crippen LogP contribution is 2.37. The van der Waals surface area contributed by atoms with E-state index in [0.717, 1.165) is 6.42 Å². The molecule has 8 heteroatoms. The summed E-state index contributed by atoms with van der Waals surface area (Å²) in [6, 6.07) is 0. The molecular weight excluding hydrogens is 276 g/mol. The van der Waals surface area contributed by atoms with Crippen molar-refractivity contribution >= 4 is 17.5 Å². The van der Waals surface area contributed by atoms with Crippen molar-refractivity contribution in [1.29, 1.82) is 0 Å². The van der Waals surface area contributed by atoms with Gasteiger partial charge in [-0.25, -0.2) is 4.68 Å². The zero-order valence-corrected chi connectivity index (χ0v) is 12.4. The maximum atomic E-state index is 11.3. The van der Waals surface area contributed by atoms with Crippen LogP contribution in [-0.2, 0) is 18.3 Å². The Morgan fingerprint density at radius 3 is 2.67 bits per heavy atom. The zero-order valence-electron chi connectivity index (χ0n) is 12.4. The van der Waals surface area contributed by atoms with Gasteiger partial charge in [-0.15, -0.1) is 0 Å². The second kappa shape index (κ2) is 5.71. The molecule has 1 fully saturated rings. The van der Waals surface area contributed by atoms with Crippen LogP contribution in [0.5, 0.6) is 0 Å². The van der Waals surface area contributed by atoms with Crippen LogP contribution in [-0.4, -0.2) is 38.9 Å². The van der Waals surface area contributed by atoms with Crippen LogP contribution < -0.4 is 4.90 Å². The first-order valence-electron chi connectivity index (χ1n) is 7.04. The number of hydrogen-bond acceptors (Lipinski definition) is 5. The number of aliphatic carboxylic acids is 1. The van der Waals surface area contributed by atoms with Crippen molar-refractivity contribution in [3.8, 4) is 0 Å². The predicted molar refractivity (Wildman–Crippen MR) is 76.4 cm³/mol. The number of nitrogens with zero attached hydrogens (tertiary/aromatic N) is 4. The number of hydrogen-bond donors (Lipinski definition) is 1. The first-order chi connectivity index (χ1) is 9.86. The Balaban J connectivity index is 2.22. The standard InChI is InChI=1S/C13H20N4O4/c1-4-5-10-11(17(20)21)12(15(3)14-10)16-6-9(7-16)8(2)13(18)19/h8-9H,4-7H2,1-3H3,(H,18,19). The molecule has 1 N–H and O–H groups in total. The third-order valence-corrected chi connectivity index (χ3v) is 4.04. The smallest absolute Gasteiger partial charge is 0.334 e. The lowest BCUT2D eigenvalue weighted by atomic mass is 9.87. The molecule has 21 heavy (non-hydrogen) atoms. The summed E-state index contributed by atoms with van der Waals surface area (Å²) in [6.07, 6.45) is 1.35. The molecule has 0 spiro atoms. The Morgan fingerprint density at radius 1 is 1.57 bits per heavy atom. The molecule has 116 valence electrons. The van der Waals surface area contributed by atoms with Crippen LogP contribution in [0.15, 0.2) is 0 Å². The van der Waals surface area contributed by atoms with Gasteiger partial charge in [-0.05, 0) is 6.42 Å². The molecule has 1 aromatic heterocycles. The van der Waals surface area contributed by atoms with E-state index < -0.39 is 11.9 Å². The quantitative estimate of drug-likeness (QED) is 0.629. The highest BCUT2D eigenvalue weighted by molar-refractivity contribution is 5.71. The topological polar surface area (TPSA) is 102 Å². The number of aromatic nitrogens is 2. The van der Waals surface area contributed by atoms with E-state index in [-0.39, 0.29) is 16.5 Å². The summed E-state index contributed by atoms with van der Waals surface area (Å²) in [4.78, 5) is 23.7. The Morgan fingerprint density at radius 2 is 2.19 bits per heavy atom. The van der Waals surface area contributed by atoms with Crippen molar-refractivity contribution in [2.24, 2.45) is 18.9 Å². The van der Waals surface area contributed by atoms with Crippen LogP contribution >= 0.6 is 0 Å². The number of rotatable bonds is 6. The second-order valence-corrected chi connectivity index (χ2v) is 5.54. The zero-order chi connectivity index (χ0) is 15.7. The normalized spacial score (nSPS) is 16.6. The van der Waals surface area contributed by atoms with E-state index in [9.17, 15) is 14.9 Å². The van der Waals surface area contributed by atoms with Crippen molar-refractivity contribution in [2.45, 2.75) is 26.7 Å². The number of aryl methyl sites for hydroxylation is 2. The van der Waals surface area contributed by atoms with E-state index >= 15 is 0 Å². The number of carboxylic acids is 1. The predicted octanol–water partition coefficient (Wildman–Crippen LogP) is 1.44. The van der Waals surface area contributed by atoms with Gasteiger partial charge in [0.1, 0.15) is 5.69 Å². The number of carbonyl (C=O) groups is 1. The molecule has 0 saturated carbocycles. The third kappa shape index (κ3) is 2.70. The molecule has 0 bridgehead atoms. The van der Waals surface area contributed by atoms with Gasteiger partial charge < -0.3 is 10.0 Å². The number of carboxylic acid groups (broad SMARTS) is 1. The average Bonchev–Trinajstić information content (AvgIpc) is 2.65. The van der Waals surface area contributed by atoms with E-state index in [1.165, 1.54) is 4.68 Å². The highest BCUT2D eigenvalue weighted by Gasteiger charge is 2.40. The molecule has 1 aliphatic rings. The summed E-state index contributed by atoms with van der Waals surface area (Å²) < 4.78 is 1.53. The van der Waals surface area contributed by atoms with Crippen molar-refractivity contribution in [1.82, 2.24) is 9.78 Å². The lowest BCUT2D eigenvalue weighted by molar-refractivity contribution is -0.384. The van der Waals surface area contributed by atoms with Gasteiger partial charge in [0, 0.05) is 26.1 Å². The fraction of sp³-hybridized carbons (Fsp3) is 0.692. The van der Waals surface area contributed by atoms with Gasteiger partial charge in [0.2, 0.25) is 5.82 Å². The van der Waals surface area contributed by atoms with Gasteiger partial charge in [0.15, 0.2) is 0 Å². The lowest BCUT2D eigenvalue weighted by Crippen LogP contribution is -2.51. The Bertz CT molecular complexity index is 563. The number of anilines is 1. The third-order valence-electron chi connectivity index (χ3n) is 4.04. The molecule has 0 radical (unpaired) electrons. The summed E-state index contributed by atoms with van der Waals surface area (Å²) in [5.41, 5.74) is 0.551. The van der Waals surface area contributed by atoms with E-state index in [2.05, 4.69) is 5.10 Å². The van der Waals surface area contributed by atoms with Gasteiger partial charge in [-0.1, -0.05) is 20.3 Å². The molecule has 1 atom stereocenters. The van der Waals surface area contributed by atoms with Gasteiger partial charge in [0.25, 0.3) is 0 Å². The Labute approximate surface area is 122 Å². The van der Waals surface area contributed by atoms with Crippen LogP contribution in [0.4, 0.5) is 11.5 Å². The molecule has 2 heterocycles. The van der Waals surface area contributed by atoms with Crippen LogP contribution in [0.2, 0.25) is 0 Å². The fourth-order valence-electron chi connectivity index (χ4n) is 2.71. The average molecular weight is 296 g/mol. The molecule has 1 unspecified atom stereocenters. The van der Waals surface area contributed by atoms with Crippen molar-refractivity contribution in [3.63, 3.8) is 0 Å². The van der Waals surface area contributed by atoms with Crippen molar-refractivity contribution < 1.29 is 14.8 Å². The molecule has 0 aromatic carbocycles.